The molecular weight excluding hydrogens is 382 g/mol. The molecule has 1 heterocycles. The molecule has 3 rings (SSSR count). The zero-order valence-electron chi connectivity index (χ0n) is 19.4. The average Bonchev–Trinajstić information content (AvgIpc) is 2.82. The third-order valence-electron chi connectivity index (χ3n) is 6.66. The van der Waals surface area contributed by atoms with Crippen LogP contribution in [0.4, 0.5) is 0 Å². The lowest BCUT2D eigenvalue weighted by Gasteiger charge is -2.27. The molecule has 0 atom stereocenters. The van der Waals surface area contributed by atoms with Gasteiger partial charge in [0.15, 0.2) is 0 Å². The molecule has 1 aromatic heterocycles. The Morgan fingerprint density at radius 3 is 2.29 bits per heavy atom. The van der Waals surface area contributed by atoms with Crippen LogP contribution in [0.15, 0.2) is 42.6 Å². The Hall–Kier alpha value is -2.16. The highest BCUT2D eigenvalue weighted by Gasteiger charge is 2.27. The number of benzene rings is 1. The molecule has 1 fully saturated rings. The van der Waals surface area contributed by atoms with Gasteiger partial charge in [0.1, 0.15) is 5.75 Å². The summed E-state index contributed by atoms with van der Waals surface area (Å²) in [5, 5.41) is 0. The summed E-state index contributed by atoms with van der Waals surface area (Å²) in [6, 6.07) is 12.0. The van der Waals surface area contributed by atoms with E-state index in [1.54, 1.807) is 0 Å². The van der Waals surface area contributed by atoms with Crippen LogP contribution in [0.25, 0.3) is 11.3 Å². The first-order chi connectivity index (χ1) is 15.2. The zero-order valence-corrected chi connectivity index (χ0v) is 19.4. The number of aromatic nitrogens is 1. The van der Waals surface area contributed by atoms with Gasteiger partial charge in [0.25, 0.3) is 0 Å². The Kier molecular flexibility index (Phi) is 9.58. The third-order valence-corrected chi connectivity index (χ3v) is 6.66. The summed E-state index contributed by atoms with van der Waals surface area (Å²) in [6.07, 6.45) is 16.3. The van der Waals surface area contributed by atoms with Crippen molar-refractivity contribution in [3.05, 3.63) is 48.2 Å². The van der Waals surface area contributed by atoms with E-state index in [4.69, 9.17) is 4.74 Å². The van der Waals surface area contributed by atoms with Gasteiger partial charge in [-0.05, 0) is 80.3 Å². The minimum atomic E-state index is -0.0627. The summed E-state index contributed by atoms with van der Waals surface area (Å²) >= 11 is 0. The fraction of sp³-hybridized carbons (Fsp3) is 0.571. The van der Waals surface area contributed by atoms with Gasteiger partial charge in [0, 0.05) is 11.8 Å². The SMILES string of the molecule is CCCCCCc1ccc(-c2ccc(OC(=O)C3CCC(CCCC)CC3)cc2)nc1. The number of unbranched alkanes of at least 4 members (excludes halogenated alkanes) is 4. The Morgan fingerprint density at radius 2 is 1.65 bits per heavy atom. The van der Waals surface area contributed by atoms with Crippen LogP contribution in [0.5, 0.6) is 5.75 Å². The van der Waals surface area contributed by atoms with E-state index in [0.29, 0.717) is 5.75 Å². The number of carbonyl (C=O) groups is 1. The molecule has 0 N–H and O–H groups in total. The van der Waals surface area contributed by atoms with Crippen molar-refractivity contribution in [1.82, 2.24) is 4.98 Å². The molecule has 0 saturated heterocycles. The average molecular weight is 422 g/mol. The molecule has 0 unspecified atom stereocenters. The lowest BCUT2D eigenvalue weighted by atomic mass is 9.80. The lowest BCUT2D eigenvalue weighted by molar-refractivity contribution is -0.140. The largest absolute Gasteiger partial charge is 0.426 e. The Labute approximate surface area is 188 Å². The van der Waals surface area contributed by atoms with Crippen LogP contribution >= 0.6 is 0 Å². The lowest BCUT2D eigenvalue weighted by Crippen LogP contribution is -2.25. The number of nitrogens with zero attached hydrogens (tertiary/aromatic N) is 1. The molecule has 0 aliphatic heterocycles. The van der Waals surface area contributed by atoms with Crippen molar-refractivity contribution in [2.24, 2.45) is 11.8 Å². The van der Waals surface area contributed by atoms with Crippen LogP contribution in [0.3, 0.4) is 0 Å². The molecule has 1 aliphatic rings. The van der Waals surface area contributed by atoms with Crippen molar-refractivity contribution in [2.75, 3.05) is 0 Å². The minimum absolute atomic E-state index is 0.0593. The van der Waals surface area contributed by atoms with Gasteiger partial charge in [-0.3, -0.25) is 9.78 Å². The van der Waals surface area contributed by atoms with Gasteiger partial charge in [0.2, 0.25) is 0 Å². The van der Waals surface area contributed by atoms with Gasteiger partial charge in [0.05, 0.1) is 11.6 Å². The quantitative estimate of drug-likeness (QED) is 0.211. The molecule has 0 radical (unpaired) electrons. The second-order valence-electron chi connectivity index (χ2n) is 9.17. The molecule has 31 heavy (non-hydrogen) atoms. The van der Waals surface area contributed by atoms with Crippen LogP contribution < -0.4 is 4.74 Å². The summed E-state index contributed by atoms with van der Waals surface area (Å²) in [6.45, 7) is 4.48. The zero-order chi connectivity index (χ0) is 21.9. The normalized spacial score (nSPS) is 18.6. The van der Waals surface area contributed by atoms with Crippen LogP contribution in [0.1, 0.15) is 90.0 Å². The molecule has 3 heteroatoms. The highest BCUT2D eigenvalue weighted by molar-refractivity contribution is 5.75. The Bertz CT molecular complexity index is 774. The number of ether oxygens (including phenoxy) is 1. The summed E-state index contributed by atoms with van der Waals surface area (Å²) < 4.78 is 5.69. The first kappa shape index (κ1) is 23.5. The Balaban J connectivity index is 1.47. The predicted molar refractivity (Wildman–Crippen MR) is 128 cm³/mol. The van der Waals surface area contributed by atoms with Gasteiger partial charge in [-0.15, -0.1) is 0 Å². The van der Waals surface area contributed by atoms with Crippen molar-refractivity contribution >= 4 is 5.97 Å². The molecule has 0 bridgehead atoms. The van der Waals surface area contributed by atoms with E-state index in [-0.39, 0.29) is 11.9 Å². The molecule has 1 saturated carbocycles. The highest BCUT2D eigenvalue weighted by Crippen LogP contribution is 2.33. The fourth-order valence-electron chi connectivity index (χ4n) is 4.57. The number of esters is 1. The van der Waals surface area contributed by atoms with Gasteiger partial charge >= 0.3 is 5.97 Å². The van der Waals surface area contributed by atoms with E-state index >= 15 is 0 Å². The van der Waals surface area contributed by atoms with Gasteiger partial charge in [-0.25, -0.2) is 0 Å². The number of pyridine rings is 1. The number of hydrogen-bond acceptors (Lipinski definition) is 3. The van der Waals surface area contributed by atoms with Crippen molar-refractivity contribution in [2.45, 2.75) is 90.9 Å². The molecular formula is C28H39NO2. The van der Waals surface area contributed by atoms with Crippen molar-refractivity contribution in [3.8, 4) is 17.0 Å². The molecule has 1 aliphatic carbocycles. The molecule has 168 valence electrons. The first-order valence-electron chi connectivity index (χ1n) is 12.5. The van der Waals surface area contributed by atoms with Crippen molar-refractivity contribution < 1.29 is 9.53 Å². The molecule has 1 aromatic carbocycles. The van der Waals surface area contributed by atoms with E-state index in [2.05, 4.69) is 31.0 Å². The molecule has 3 nitrogen and oxygen atoms in total. The monoisotopic (exact) mass is 421 g/mol. The first-order valence-corrected chi connectivity index (χ1v) is 12.5. The van der Waals surface area contributed by atoms with E-state index in [1.165, 1.54) is 63.4 Å². The fourth-order valence-corrected chi connectivity index (χ4v) is 4.57. The second kappa shape index (κ2) is 12.6. The standard InChI is InChI=1S/C28H39NO2/c1-3-5-7-8-10-23-13-20-27(29-21-23)24-16-18-26(19-17-24)31-28(30)25-14-11-22(12-15-25)9-6-4-2/h13,16-22,25H,3-12,14-15H2,1-2H3. The number of aryl methyl sites for hydroxylation is 1. The van der Waals surface area contributed by atoms with E-state index in [1.807, 2.05) is 30.5 Å². The maximum atomic E-state index is 12.6. The topological polar surface area (TPSA) is 39.2 Å². The summed E-state index contributed by atoms with van der Waals surface area (Å²) in [5.41, 5.74) is 3.31. The van der Waals surface area contributed by atoms with Crippen LogP contribution in [0, 0.1) is 11.8 Å². The minimum Gasteiger partial charge on any atom is -0.426 e. The Morgan fingerprint density at radius 1 is 0.903 bits per heavy atom. The smallest absolute Gasteiger partial charge is 0.314 e. The van der Waals surface area contributed by atoms with Crippen LogP contribution in [-0.2, 0) is 11.2 Å². The van der Waals surface area contributed by atoms with Gasteiger partial charge < -0.3 is 4.74 Å². The van der Waals surface area contributed by atoms with E-state index in [9.17, 15) is 4.79 Å². The van der Waals surface area contributed by atoms with Crippen molar-refractivity contribution in [1.29, 1.82) is 0 Å². The molecule has 0 spiro atoms. The maximum Gasteiger partial charge on any atom is 0.314 e. The maximum absolute atomic E-state index is 12.6. The van der Waals surface area contributed by atoms with E-state index in [0.717, 1.165) is 36.4 Å². The van der Waals surface area contributed by atoms with Crippen LogP contribution in [-0.4, -0.2) is 11.0 Å². The number of hydrogen-bond donors (Lipinski definition) is 0. The predicted octanol–water partition coefficient (Wildman–Crippen LogP) is 7.77. The number of carbonyl (C=O) groups excluding carboxylic acids is 1. The third kappa shape index (κ3) is 7.48. The summed E-state index contributed by atoms with van der Waals surface area (Å²) in [5.74, 6) is 1.43. The summed E-state index contributed by atoms with van der Waals surface area (Å²) in [7, 11) is 0. The number of rotatable bonds is 11. The van der Waals surface area contributed by atoms with Gasteiger partial charge in [-0.2, -0.15) is 0 Å². The van der Waals surface area contributed by atoms with E-state index < -0.39 is 0 Å². The molecule has 0 amide bonds. The summed E-state index contributed by atoms with van der Waals surface area (Å²) in [4.78, 5) is 17.2. The van der Waals surface area contributed by atoms with Gasteiger partial charge in [-0.1, -0.05) is 58.4 Å². The van der Waals surface area contributed by atoms with Crippen LogP contribution in [0.2, 0.25) is 0 Å². The molecule has 2 aromatic rings. The highest BCUT2D eigenvalue weighted by atomic mass is 16.5. The van der Waals surface area contributed by atoms with Crippen molar-refractivity contribution in [3.63, 3.8) is 0 Å². The second-order valence-corrected chi connectivity index (χ2v) is 9.17.